The van der Waals surface area contributed by atoms with Gasteiger partial charge in [0.25, 0.3) is 5.91 Å². The maximum Gasteiger partial charge on any atom is 0.339 e. The van der Waals surface area contributed by atoms with Gasteiger partial charge in [0.15, 0.2) is 6.61 Å². The van der Waals surface area contributed by atoms with E-state index >= 15 is 0 Å². The third-order valence-electron chi connectivity index (χ3n) is 5.30. The Bertz CT molecular complexity index is 1280. The highest BCUT2D eigenvalue weighted by Gasteiger charge is 2.17. The van der Waals surface area contributed by atoms with E-state index in [-0.39, 0.29) is 6.61 Å². The van der Waals surface area contributed by atoms with Crippen molar-refractivity contribution in [2.75, 3.05) is 19.0 Å². The number of pyridine rings is 1. The number of nitrogens with one attached hydrogen (secondary N) is 1. The van der Waals surface area contributed by atoms with Crippen molar-refractivity contribution in [2.24, 2.45) is 0 Å². The van der Waals surface area contributed by atoms with Gasteiger partial charge in [0, 0.05) is 16.6 Å². The smallest absolute Gasteiger partial charge is 0.339 e. The van der Waals surface area contributed by atoms with Crippen LogP contribution in [0.25, 0.3) is 22.2 Å². The summed E-state index contributed by atoms with van der Waals surface area (Å²) in [5.74, 6) is -0.254. The molecule has 0 spiro atoms. The van der Waals surface area contributed by atoms with Gasteiger partial charge in [-0.1, -0.05) is 37.3 Å². The van der Waals surface area contributed by atoms with Crippen LogP contribution in [0.2, 0.25) is 0 Å². The number of aryl methyl sites for hydroxylation is 1. The molecule has 1 N–H and O–H groups in total. The number of ether oxygens (including phenoxy) is 2. The lowest BCUT2D eigenvalue weighted by molar-refractivity contribution is -0.119. The first-order chi connectivity index (χ1) is 16.1. The molecule has 0 aliphatic heterocycles. The molecule has 0 radical (unpaired) electrons. The Labute approximate surface area is 192 Å². The van der Waals surface area contributed by atoms with E-state index in [0.29, 0.717) is 27.8 Å². The minimum absolute atomic E-state index is 0.353. The van der Waals surface area contributed by atoms with Gasteiger partial charge in [0.1, 0.15) is 5.75 Å². The molecule has 4 aromatic rings. The summed E-state index contributed by atoms with van der Waals surface area (Å²) in [6.45, 7) is 1.68. The molecule has 0 fully saturated rings. The molecule has 1 amide bonds. The molecule has 0 atom stereocenters. The fourth-order valence-electron chi connectivity index (χ4n) is 3.48. The number of para-hydroxylation sites is 1. The Balaban J connectivity index is 1.53. The topological polar surface area (TPSA) is 77.5 Å². The molecule has 0 aliphatic carbocycles. The van der Waals surface area contributed by atoms with Gasteiger partial charge >= 0.3 is 5.97 Å². The van der Waals surface area contributed by atoms with Crippen molar-refractivity contribution < 1.29 is 19.1 Å². The highest BCUT2D eigenvalue weighted by atomic mass is 16.5. The molecule has 6 nitrogen and oxygen atoms in total. The van der Waals surface area contributed by atoms with Gasteiger partial charge in [0.05, 0.1) is 23.9 Å². The van der Waals surface area contributed by atoms with Crippen LogP contribution in [0, 0.1) is 0 Å². The van der Waals surface area contributed by atoms with Crippen LogP contribution in [0.3, 0.4) is 0 Å². The molecular weight excluding hydrogens is 416 g/mol. The van der Waals surface area contributed by atoms with Crippen molar-refractivity contribution in [3.8, 4) is 17.0 Å². The molecule has 1 aromatic heterocycles. The third-order valence-corrected chi connectivity index (χ3v) is 5.30. The largest absolute Gasteiger partial charge is 0.497 e. The number of carbonyl (C=O) groups is 2. The van der Waals surface area contributed by atoms with Crippen LogP contribution in [-0.2, 0) is 16.0 Å². The SMILES string of the molecule is CCc1ccc(NC(=O)COC(=O)c2cc(-c3ccc(OC)cc3)nc3ccccc23)cc1. The Morgan fingerprint density at radius 3 is 2.36 bits per heavy atom. The molecule has 0 unspecified atom stereocenters. The van der Waals surface area contributed by atoms with Gasteiger partial charge in [-0.15, -0.1) is 0 Å². The molecule has 0 aliphatic rings. The van der Waals surface area contributed by atoms with Crippen molar-refractivity contribution in [3.05, 3.63) is 90.0 Å². The average molecular weight is 440 g/mol. The van der Waals surface area contributed by atoms with Crippen LogP contribution < -0.4 is 10.1 Å². The Kier molecular flexibility index (Phi) is 6.64. The van der Waals surface area contributed by atoms with Crippen LogP contribution in [-0.4, -0.2) is 30.6 Å². The number of methoxy groups -OCH3 is 1. The minimum atomic E-state index is -0.583. The van der Waals surface area contributed by atoms with Crippen LogP contribution in [0.4, 0.5) is 5.69 Å². The molecule has 0 bridgehead atoms. The van der Waals surface area contributed by atoms with E-state index in [1.165, 1.54) is 5.56 Å². The van der Waals surface area contributed by atoms with Gasteiger partial charge in [-0.2, -0.15) is 0 Å². The first-order valence-corrected chi connectivity index (χ1v) is 10.7. The second-order valence-corrected chi connectivity index (χ2v) is 7.48. The van der Waals surface area contributed by atoms with Crippen LogP contribution in [0.1, 0.15) is 22.8 Å². The molecule has 6 heteroatoms. The number of nitrogens with zero attached hydrogens (tertiary/aromatic N) is 1. The number of anilines is 1. The fraction of sp³-hybridized carbons (Fsp3) is 0.148. The number of hydrogen-bond donors (Lipinski definition) is 1. The van der Waals surface area contributed by atoms with E-state index < -0.39 is 11.9 Å². The van der Waals surface area contributed by atoms with Crippen LogP contribution in [0.15, 0.2) is 78.9 Å². The first-order valence-electron chi connectivity index (χ1n) is 10.7. The van der Waals surface area contributed by atoms with Crippen molar-refractivity contribution in [1.29, 1.82) is 0 Å². The Morgan fingerprint density at radius 2 is 1.67 bits per heavy atom. The zero-order chi connectivity index (χ0) is 23.2. The summed E-state index contributed by atoms with van der Waals surface area (Å²) in [5.41, 5.74) is 4.32. The van der Waals surface area contributed by atoms with E-state index in [2.05, 4.69) is 17.2 Å². The van der Waals surface area contributed by atoms with Gasteiger partial charge in [-0.25, -0.2) is 9.78 Å². The van der Waals surface area contributed by atoms with Crippen LogP contribution >= 0.6 is 0 Å². The summed E-state index contributed by atoms with van der Waals surface area (Å²) in [4.78, 5) is 29.9. The number of esters is 1. The van der Waals surface area contributed by atoms with Crippen LogP contribution in [0.5, 0.6) is 5.75 Å². The normalized spacial score (nSPS) is 10.6. The maximum atomic E-state index is 12.9. The summed E-state index contributed by atoms with van der Waals surface area (Å²) >= 11 is 0. The minimum Gasteiger partial charge on any atom is -0.497 e. The maximum absolute atomic E-state index is 12.9. The Morgan fingerprint density at radius 1 is 0.939 bits per heavy atom. The zero-order valence-corrected chi connectivity index (χ0v) is 18.5. The quantitative estimate of drug-likeness (QED) is 0.396. The highest BCUT2D eigenvalue weighted by molar-refractivity contribution is 6.05. The van der Waals surface area contributed by atoms with Crippen molar-refractivity contribution >= 4 is 28.5 Å². The zero-order valence-electron chi connectivity index (χ0n) is 18.5. The lowest BCUT2D eigenvalue weighted by Crippen LogP contribution is -2.21. The van der Waals surface area contributed by atoms with E-state index in [1.807, 2.05) is 72.8 Å². The van der Waals surface area contributed by atoms with Gasteiger partial charge in [-0.05, 0) is 60.5 Å². The van der Waals surface area contributed by atoms with E-state index in [1.54, 1.807) is 13.2 Å². The number of fused-ring (bicyclic) bond motifs is 1. The molecule has 3 aromatic carbocycles. The summed E-state index contributed by atoms with van der Waals surface area (Å²) in [7, 11) is 1.60. The third kappa shape index (κ3) is 5.18. The van der Waals surface area contributed by atoms with Crippen molar-refractivity contribution in [1.82, 2.24) is 4.98 Å². The van der Waals surface area contributed by atoms with Crippen molar-refractivity contribution in [2.45, 2.75) is 13.3 Å². The van der Waals surface area contributed by atoms with Crippen molar-refractivity contribution in [3.63, 3.8) is 0 Å². The number of benzene rings is 3. The molecular formula is C27H24N2O4. The van der Waals surface area contributed by atoms with Gasteiger partial charge < -0.3 is 14.8 Å². The predicted octanol–water partition coefficient (Wildman–Crippen LogP) is 5.27. The molecule has 4 rings (SSSR count). The molecule has 0 saturated carbocycles. The predicted molar refractivity (Wildman–Crippen MR) is 128 cm³/mol. The summed E-state index contributed by atoms with van der Waals surface area (Å²) in [6, 6.07) is 24.0. The average Bonchev–Trinajstić information content (AvgIpc) is 2.87. The van der Waals surface area contributed by atoms with Gasteiger partial charge in [-0.3, -0.25) is 4.79 Å². The molecule has 166 valence electrons. The summed E-state index contributed by atoms with van der Waals surface area (Å²) in [5, 5.41) is 3.41. The number of carbonyl (C=O) groups excluding carboxylic acids is 2. The highest BCUT2D eigenvalue weighted by Crippen LogP contribution is 2.27. The molecule has 33 heavy (non-hydrogen) atoms. The Hall–Kier alpha value is -4.19. The van der Waals surface area contributed by atoms with E-state index in [9.17, 15) is 9.59 Å². The van der Waals surface area contributed by atoms with E-state index in [4.69, 9.17) is 9.47 Å². The number of aromatic nitrogens is 1. The number of hydrogen-bond acceptors (Lipinski definition) is 5. The molecule has 1 heterocycles. The second-order valence-electron chi connectivity index (χ2n) is 7.48. The number of amides is 1. The lowest BCUT2D eigenvalue weighted by atomic mass is 10.0. The summed E-state index contributed by atoms with van der Waals surface area (Å²) < 4.78 is 10.6. The van der Waals surface area contributed by atoms with E-state index in [0.717, 1.165) is 17.7 Å². The fourth-order valence-corrected chi connectivity index (χ4v) is 3.48. The lowest BCUT2D eigenvalue weighted by Gasteiger charge is -2.11. The standard InChI is InChI=1S/C27H24N2O4/c1-3-18-8-12-20(13-9-18)28-26(30)17-33-27(31)23-16-25(19-10-14-21(32-2)15-11-19)29-24-7-5-4-6-22(23)24/h4-16H,3,17H2,1-2H3,(H,28,30). The number of rotatable bonds is 7. The molecule has 0 saturated heterocycles. The van der Waals surface area contributed by atoms with Gasteiger partial charge in [0.2, 0.25) is 0 Å². The first kappa shape index (κ1) is 22.0. The summed E-state index contributed by atoms with van der Waals surface area (Å²) in [6.07, 6.45) is 0.921. The second kappa shape index (κ2) is 9.96. The monoisotopic (exact) mass is 440 g/mol.